The van der Waals surface area contributed by atoms with E-state index in [1.165, 1.54) is 6.07 Å². The number of halogens is 2. The fraction of sp³-hybridized carbons (Fsp3) is 0.500. The van der Waals surface area contributed by atoms with Crippen LogP contribution in [0.1, 0.15) is 30.6 Å². The molecule has 114 valence electrons. The van der Waals surface area contributed by atoms with Crippen LogP contribution in [0.25, 0.3) is 0 Å². The van der Waals surface area contributed by atoms with Gasteiger partial charge in [0.2, 0.25) is 0 Å². The monoisotopic (exact) mass is 364 g/mol. The molecule has 4 nitrogen and oxygen atoms in total. The summed E-state index contributed by atoms with van der Waals surface area (Å²) in [6, 6.07) is 4.90. The first-order valence-electron chi connectivity index (χ1n) is 6.32. The number of nitrogens with two attached hydrogens (primary N) is 1. The first kappa shape index (κ1) is 19.2. The Kier molecular flexibility index (Phi) is 8.16. The van der Waals surface area contributed by atoms with Crippen LogP contribution in [-0.2, 0) is 0 Å². The summed E-state index contributed by atoms with van der Waals surface area (Å²) in [7, 11) is 1.72. The third-order valence-corrected chi connectivity index (χ3v) is 3.68. The molecule has 0 saturated carbocycles. The third kappa shape index (κ3) is 5.31. The molecular formula is C14H22BrClN2O2. The predicted octanol–water partition coefficient (Wildman–Crippen LogP) is 3.02. The van der Waals surface area contributed by atoms with Gasteiger partial charge in [-0.1, -0.05) is 29.8 Å². The molecular weight excluding hydrogens is 344 g/mol. The van der Waals surface area contributed by atoms with E-state index in [1.807, 2.05) is 0 Å². The normalized spacial score (nSPS) is 11.9. The van der Waals surface area contributed by atoms with Crippen LogP contribution in [0, 0.1) is 5.92 Å². The van der Waals surface area contributed by atoms with Gasteiger partial charge < -0.3 is 15.7 Å². The molecule has 0 spiro atoms. The number of phenols is 1. The third-order valence-electron chi connectivity index (χ3n) is 3.19. The maximum absolute atomic E-state index is 12.2. The molecule has 0 fully saturated rings. The number of amides is 1. The summed E-state index contributed by atoms with van der Waals surface area (Å²) in [6.45, 7) is 4.70. The summed E-state index contributed by atoms with van der Waals surface area (Å²) >= 11 is 3.29. The minimum atomic E-state index is -0.199. The lowest BCUT2D eigenvalue weighted by Crippen LogP contribution is -2.34. The minimum absolute atomic E-state index is 0. The molecule has 1 rings (SSSR count). The van der Waals surface area contributed by atoms with Crippen molar-refractivity contribution in [3.8, 4) is 5.75 Å². The van der Waals surface area contributed by atoms with Gasteiger partial charge in [-0.2, -0.15) is 0 Å². The maximum atomic E-state index is 12.2. The highest BCUT2D eigenvalue weighted by Gasteiger charge is 2.17. The number of benzene rings is 1. The summed E-state index contributed by atoms with van der Waals surface area (Å²) in [5.41, 5.74) is 6.26. The van der Waals surface area contributed by atoms with E-state index >= 15 is 0 Å². The fourth-order valence-electron chi connectivity index (χ4n) is 1.66. The van der Waals surface area contributed by atoms with Gasteiger partial charge in [0, 0.05) is 24.1 Å². The first-order chi connectivity index (χ1) is 8.82. The van der Waals surface area contributed by atoms with Gasteiger partial charge in [-0.15, -0.1) is 12.4 Å². The van der Waals surface area contributed by atoms with Crippen molar-refractivity contribution in [2.45, 2.75) is 26.3 Å². The van der Waals surface area contributed by atoms with Gasteiger partial charge in [0.05, 0.1) is 5.56 Å². The molecule has 1 aromatic rings. The van der Waals surface area contributed by atoms with Crippen LogP contribution < -0.4 is 5.73 Å². The van der Waals surface area contributed by atoms with Crippen molar-refractivity contribution >= 4 is 34.2 Å². The van der Waals surface area contributed by atoms with Crippen molar-refractivity contribution in [2.75, 3.05) is 13.6 Å². The lowest BCUT2D eigenvalue weighted by Gasteiger charge is -2.22. The van der Waals surface area contributed by atoms with Crippen molar-refractivity contribution in [2.24, 2.45) is 11.7 Å². The van der Waals surface area contributed by atoms with Crippen LogP contribution >= 0.6 is 28.3 Å². The summed E-state index contributed by atoms with van der Waals surface area (Å²) in [5, 5.41) is 9.73. The minimum Gasteiger partial charge on any atom is -0.507 e. The Morgan fingerprint density at radius 1 is 1.45 bits per heavy atom. The molecule has 1 unspecified atom stereocenters. The van der Waals surface area contributed by atoms with Gasteiger partial charge in [-0.3, -0.25) is 4.79 Å². The van der Waals surface area contributed by atoms with Gasteiger partial charge >= 0.3 is 0 Å². The maximum Gasteiger partial charge on any atom is 0.257 e. The lowest BCUT2D eigenvalue weighted by atomic mass is 10.0. The Hall–Kier alpha value is -0.780. The standard InChI is InChI=1S/C14H21BrN2O2.ClH/c1-9(2)12(16)6-7-17(3)14(19)11-8-10(15)4-5-13(11)18;/h4-5,8-9,12,18H,6-7,16H2,1-3H3;1H. The average molecular weight is 366 g/mol. The zero-order chi connectivity index (χ0) is 14.6. The van der Waals surface area contributed by atoms with Gasteiger partial charge in [0.15, 0.2) is 0 Å². The number of carbonyl (C=O) groups is 1. The average Bonchev–Trinajstić information content (AvgIpc) is 2.37. The van der Waals surface area contributed by atoms with Crippen molar-refractivity contribution in [1.82, 2.24) is 4.90 Å². The Bertz CT molecular complexity index is 455. The molecule has 6 heteroatoms. The Morgan fingerprint density at radius 3 is 2.60 bits per heavy atom. The SMILES string of the molecule is CC(C)C(N)CCN(C)C(=O)c1cc(Br)ccc1O.Cl. The number of aromatic hydroxyl groups is 1. The molecule has 0 aromatic heterocycles. The number of carbonyl (C=O) groups excluding carboxylic acids is 1. The molecule has 0 heterocycles. The molecule has 0 aliphatic heterocycles. The Morgan fingerprint density at radius 2 is 2.05 bits per heavy atom. The summed E-state index contributed by atoms with van der Waals surface area (Å²) in [4.78, 5) is 13.8. The largest absolute Gasteiger partial charge is 0.507 e. The molecule has 1 amide bonds. The van der Waals surface area contributed by atoms with E-state index in [-0.39, 0.29) is 30.1 Å². The molecule has 0 aliphatic carbocycles. The van der Waals surface area contributed by atoms with E-state index < -0.39 is 0 Å². The molecule has 0 saturated heterocycles. The number of nitrogens with zero attached hydrogens (tertiary/aromatic N) is 1. The molecule has 0 aliphatic rings. The topological polar surface area (TPSA) is 66.6 Å². The smallest absolute Gasteiger partial charge is 0.257 e. The van der Waals surface area contributed by atoms with Crippen LogP contribution in [0.15, 0.2) is 22.7 Å². The Balaban J connectivity index is 0.00000361. The zero-order valence-corrected chi connectivity index (χ0v) is 14.4. The highest BCUT2D eigenvalue weighted by atomic mass is 79.9. The van der Waals surface area contributed by atoms with Gasteiger partial charge in [-0.25, -0.2) is 0 Å². The van der Waals surface area contributed by atoms with E-state index in [2.05, 4.69) is 29.8 Å². The van der Waals surface area contributed by atoms with Crippen LogP contribution in [0.4, 0.5) is 0 Å². The highest BCUT2D eigenvalue weighted by Crippen LogP contribution is 2.23. The zero-order valence-electron chi connectivity index (χ0n) is 12.0. The van der Waals surface area contributed by atoms with Gasteiger partial charge in [0.1, 0.15) is 5.75 Å². The van der Waals surface area contributed by atoms with E-state index in [1.54, 1.807) is 24.1 Å². The molecule has 1 atom stereocenters. The molecule has 0 radical (unpaired) electrons. The van der Waals surface area contributed by atoms with Crippen LogP contribution in [0.5, 0.6) is 5.75 Å². The second-order valence-corrected chi connectivity index (χ2v) is 6.00. The first-order valence-corrected chi connectivity index (χ1v) is 7.11. The van der Waals surface area contributed by atoms with Crippen molar-refractivity contribution in [3.05, 3.63) is 28.2 Å². The molecule has 0 bridgehead atoms. The van der Waals surface area contributed by atoms with Crippen molar-refractivity contribution in [3.63, 3.8) is 0 Å². The number of rotatable bonds is 5. The number of hydrogen-bond donors (Lipinski definition) is 2. The second-order valence-electron chi connectivity index (χ2n) is 5.08. The van der Waals surface area contributed by atoms with E-state index in [0.29, 0.717) is 18.0 Å². The van der Waals surface area contributed by atoms with Crippen LogP contribution in [0.2, 0.25) is 0 Å². The van der Waals surface area contributed by atoms with E-state index in [4.69, 9.17) is 5.73 Å². The summed E-state index contributed by atoms with van der Waals surface area (Å²) in [5.74, 6) is 0.186. The van der Waals surface area contributed by atoms with Crippen LogP contribution in [0.3, 0.4) is 0 Å². The molecule has 1 aromatic carbocycles. The second kappa shape index (κ2) is 8.49. The fourth-order valence-corrected chi connectivity index (χ4v) is 2.02. The van der Waals surface area contributed by atoms with Crippen molar-refractivity contribution < 1.29 is 9.90 Å². The van der Waals surface area contributed by atoms with Crippen LogP contribution in [-0.4, -0.2) is 35.5 Å². The highest BCUT2D eigenvalue weighted by molar-refractivity contribution is 9.10. The molecule has 3 N–H and O–H groups in total. The summed E-state index contributed by atoms with van der Waals surface area (Å²) in [6.07, 6.45) is 0.745. The quantitative estimate of drug-likeness (QED) is 0.843. The van der Waals surface area contributed by atoms with Gasteiger partial charge in [-0.05, 0) is 30.5 Å². The number of phenolic OH excluding ortho intramolecular Hbond substituents is 1. The molecule has 20 heavy (non-hydrogen) atoms. The lowest BCUT2D eigenvalue weighted by molar-refractivity contribution is 0.0786. The predicted molar refractivity (Wildman–Crippen MR) is 87.4 cm³/mol. The Labute approximate surface area is 134 Å². The van der Waals surface area contributed by atoms with Gasteiger partial charge in [0.25, 0.3) is 5.91 Å². The van der Waals surface area contributed by atoms with Crippen molar-refractivity contribution in [1.29, 1.82) is 0 Å². The number of hydrogen-bond acceptors (Lipinski definition) is 3. The summed E-state index contributed by atoms with van der Waals surface area (Å²) < 4.78 is 0.765. The van der Waals surface area contributed by atoms with E-state index in [0.717, 1.165) is 10.9 Å². The van der Waals surface area contributed by atoms with E-state index in [9.17, 15) is 9.90 Å².